The Morgan fingerprint density at radius 1 is 1.17 bits per heavy atom. The van der Waals surface area contributed by atoms with E-state index in [4.69, 9.17) is 0 Å². The first-order valence-electron chi connectivity index (χ1n) is 6.42. The third kappa shape index (κ3) is 4.45. The lowest BCUT2D eigenvalue weighted by atomic mass is 10.0. The van der Waals surface area contributed by atoms with Crippen LogP contribution in [0.3, 0.4) is 0 Å². The Labute approximate surface area is 118 Å². The minimum absolute atomic E-state index is 0.0536. The molecule has 0 aliphatic heterocycles. The molecule has 0 aromatic heterocycles. The van der Waals surface area contributed by atoms with E-state index in [1.807, 2.05) is 13.8 Å². The zero-order valence-corrected chi connectivity index (χ0v) is 13.1. The van der Waals surface area contributed by atoms with Gasteiger partial charge in [0.15, 0.2) is 0 Å². The van der Waals surface area contributed by atoms with Crippen LogP contribution in [0.1, 0.15) is 44.7 Å². The molecule has 0 aliphatic carbocycles. The SMILES string of the molecule is CC(C)c1ccc(CNC(=O)C(Br)C(C)C)cc1. The molecule has 0 spiro atoms. The van der Waals surface area contributed by atoms with E-state index in [0.29, 0.717) is 18.4 Å². The average molecular weight is 312 g/mol. The molecule has 0 heterocycles. The molecule has 1 unspecified atom stereocenters. The predicted octanol–water partition coefficient (Wildman–Crippen LogP) is 3.85. The summed E-state index contributed by atoms with van der Waals surface area (Å²) in [7, 11) is 0. The maximum Gasteiger partial charge on any atom is 0.234 e. The van der Waals surface area contributed by atoms with Crippen molar-refractivity contribution in [2.75, 3.05) is 0 Å². The third-order valence-electron chi connectivity index (χ3n) is 2.95. The second-order valence-corrected chi connectivity index (χ2v) is 6.25. The van der Waals surface area contributed by atoms with Crippen molar-refractivity contribution in [3.05, 3.63) is 35.4 Å². The van der Waals surface area contributed by atoms with E-state index < -0.39 is 0 Å². The predicted molar refractivity (Wildman–Crippen MR) is 79.9 cm³/mol. The van der Waals surface area contributed by atoms with Crippen LogP contribution in [0.2, 0.25) is 0 Å². The van der Waals surface area contributed by atoms with Crippen LogP contribution in [-0.4, -0.2) is 10.7 Å². The Morgan fingerprint density at radius 3 is 2.17 bits per heavy atom. The molecule has 0 aliphatic rings. The number of rotatable bonds is 5. The van der Waals surface area contributed by atoms with Gasteiger partial charge in [0.2, 0.25) is 5.91 Å². The van der Waals surface area contributed by atoms with E-state index in [1.165, 1.54) is 5.56 Å². The molecule has 1 N–H and O–H groups in total. The van der Waals surface area contributed by atoms with Crippen molar-refractivity contribution < 1.29 is 4.79 Å². The average Bonchev–Trinajstić information content (AvgIpc) is 2.35. The number of benzene rings is 1. The summed E-state index contributed by atoms with van der Waals surface area (Å²) < 4.78 is 0. The lowest BCUT2D eigenvalue weighted by Crippen LogP contribution is -2.33. The van der Waals surface area contributed by atoms with E-state index in [1.54, 1.807) is 0 Å². The molecule has 18 heavy (non-hydrogen) atoms. The molecule has 3 heteroatoms. The van der Waals surface area contributed by atoms with Gasteiger partial charge in [0.05, 0.1) is 4.83 Å². The first-order valence-corrected chi connectivity index (χ1v) is 7.34. The minimum Gasteiger partial charge on any atom is -0.351 e. The van der Waals surface area contributed by atoms with Gasteiger partial charge in [-0.3, -0.25) is 4.79 Å². The van der Waals surface area contributed by atoms with Crippen molar-refractivity contribution in [1.29, 1.82) is 0 Å². The van der Waals surface area contributed by atoms with Crippen molar-refractivity contribution in [1.82, 2.24) is 5.32 Å². The monoisotopic (exact) mass is 311 g/mol. The maximum atomic E-state index is 11.8. The fraction of sp³-hybridized carbons (Fsp3) is 0.533. The Hall–Kier alpha value is -0.830. The van der Waals surface area contributed by atoms with E-state index in [2.05, 4.69) is 59.4 Å². The van der Waals surface area contributed by atoms with Crippen LogP contribution in [-0.2, 0) is 11.3 Å². The summed E-state index contributed by atoms with van der Waals surface area (Å²) in [5.41, 5.74) is 2.46. The molecular weight excluding hydrogens is 290 g/mol. The fourth-order valence-corrected chi connectivity index (χ4v) is 1.77. The van der Waals surface area contributed by atoms with Crippen LogP contribution in [0, 0.1) is 5.92 Å². The molecule has 1 rings (SSSR count). The van der Waals surface area contributed by atoms with Crippen LogP contribution in [0.25, 0.3) is 0 Å². The van der Waals surface area contributed by atoms with E-state index >= 15 is 0 Å². The van der Waals surface area contributed by atoms with Gasteiger partial charge in [0.1, 0.15) is 0 Å². The molecule has 0 bridgehead atoms. The van der Waals surface area contributed by atoms with E-state index in [-0.39, 0.29) is 10.7 Å². The van der Waals surface area contributed by atoms with Crippen LogP contribution in [0.15, 0.2) is 24.3 Å². The molecule has 2 nitrogen and oxygen atoms in total. The summed E-state index contributed by atoms with van der Waals surface area (Å²) in [6.07, 6.45) is 0. The standard InChI is InChI=1S/C15H22BrNO/c1-10(2)13-7-5-12(6-8-13)9-17-15(18)14(16)11(3)4/h5-8,10-11,14H,9H2,1-4H3,(H,17,18). The summed E-state index contributed by atoms with van der Waals surface area (Å²) in [6.45, 7) is 8.99. The van der Waals surface area contributed by atoms with Crippen LogP contribution < -0.4 is 5.32 Å². The molecule has 0 saturated heterocycles. The normalized spacial score (nSPS) is 12.8. The molecule has 1 aromatic carbocycles. The number of carbonyl (C=O) groups is 1. The molecule has 0 fully saturated rings. The second-order valence-electron chi connectivity index (χ2n) is 5.26. The van der Waals surface area contributed by atoms with E-state index in [0.717, 1.165) is 5.56 Å². The van der Waals surface area contributed by atoms with Gasteiger partial charge in [-0.1, -0.05) is 67.9 Å². The first kappa shape index (κ1) is 15.2. The highest BCUT2D eigenvalue weighted by atomic mass is 79.9. The smallest absolute Gasteiger partial charge is 0.234 e. The van der Waals surface area contributed by atoms with Crippen LogP contribution in [0.4, 0.5) is 0 Å². The highest BCUT2D eigenvalue weighted by Crippen LogP contribution is 2.15. The van der Waals surface area contributed by atoms with Gasteiger partial charge in [-0.25, -0.2) is 0 Å². The number of halogens is 1. The summed E-state index contributed by atoms with van der Waals surface area (Å²) in [5.74, 6) is 0.896. The number of hydrogen-bond donors (Lipinski definition) is 1. The van der Waals surface area contributed by atoms with E-state index in [9.17, 15) is 4.79 Å². The van der Waals surface area contributed by atoms with Gasteiger partial charge in [-0.2, -0.15) is 0 Å². The maximum absolute atomic E-state index is 11.8. The Morgan fingerprint density at radius 2 is 1.72 bits per heavy atom. The summed E-state index contributed by atoms with van der Waals surface area (Å²) >= 11 is 3.40. The van der Waals surface area contributed by atoms with Crippen molar-refractivity contribution in [2.45, 2.75) is 45.0 Å². The topological polar surface area (TPSA) is 29.1 Å². The molecular formula is C15H22BrNO. The Kier molecular flexibility index (Phi) is 5.86. The van der Waals surface area contributed by atoms with Crippen molar-refractivity contribution in [3.63, 3.8) is 0 Å². The molecule has 1 aromatic rings. The number of hydrogen-bond acceptors (Lipinski definition) is 1. The van der Waals surface area contributed by atoms with Gasteiger partial charge in [0, 0.05) is 6.54 Å². The first-order chi connectivity index (χ1) is 8.41. The largest absolute Gasteiger partial charge is 0.351 e. The molecule has 100 valence electrons. The molecule has 1 amide bonds. The minimum atomic E-state index is -0.118. The molecule has 0 radical (unpaired) electrons. The van der Waals surface area contributed by atoms with Gasteiger partial charge < -0.3 is 5.32 Å². The quantitative estimate of drug-likeness (QED) is 0.822. The highest BCUT2D eigenvalue weighted by Gasteiger charge is 2.17. The van der Waals surface area contributed by atoms with Gasteiger partial charge in [0.25, 0.3) is 0 Å². The van der Waals surface area contributed by atoms with Crippen LogP contribution in [0.5, 0.6) is 0 Å². The summed E-state index contributed by atoms with van der Waals surface area (Å²) in [6, 6.07) is 8.41. The lowest BCUT2D eigenvalue weighted by molar-refractivity contribution is -0.121. The van der Waals surface area contributed by atoms with Crippen LogP contribution >= 0.6 is 15.9 Å². The van der Waals surface area contributed by atoms with Crippen molar-refractivity contribution >= 4 is 21.8 Å². The zero-order valence-electron chi connectivity index (χ0n) is 11.5. The Bertz CT molecular complexity index is 384. The third-order valence-corrected chi connectivity index (χ3v) is 4.42. The summed E-state index contributed by atoms with van der Waals surface area (Å²) in [4.78, 5) is 11.7. The number of alkyl halides is 1. The number of amides is 1. The van der Waals surface area contributed by atoms with Crippen molar-refractivity contribution in [3.8, 4) is 0 Å². The molecule has 0 saturated carbocycles. The van der Waals surface area contributed by atoms with Crippen molar-refractivity contribution in [2.24, 2.45) is 5.92 Å². The van der Waals surface area contributed by atoms with Gasteiger partial charge >= 0.3 is 0 Å². The summed E-state index contributed by atoms with van der Waals surface area (Å²) in [5, 5.41) is 2.94. The molecule has 1 atom stereocenters. The van der Waals surface area contributed by atoms with Gasteiger partial charge in [-0.05, 0) is 23.0 Å². The highest BCUT2D eigenvalue weighted by molar-refractivity contribution is 9.10. The number of nitrogens with one attached hydrogen (secondary N) is 1. The lowest BCUT2D eigenvalue weighted by Gasteiger charge is -2.14. The fourth-order valence-electron chi connectivity index (χ4n) is 1.61. The second kappa shape index (κ2) is 6.93. The number of carbonyl (C=O) groups excluding carboxylic acids is 1. The van der Waals surface area contributed by atoms with Gasteiger partial charge in [-0.15, -0.1) is 0 Å². The zero-order chi connectivity index (χ0) is 13.7. The Balaban J connectivity index is 2.51.